The summed E-state index contributed by atoms with van der Waals surface area (Å²) in [6.07, 6.45) is -1.89. The predicted molar refractivity (Wildman–Crippen MR) is 123 cm³/mol. The minimum Gasteiger partial charge on any atom is -0.508 e. The first-order chi connectivity index (χ1) is 16.2. The van der Waals surface area contributed by atoms with E-state index in [0.717, 1.165) is 0 Å². The number of ether oxygens (including phenoxy) is 3. The van der Waals surface area contributed by atoms with Gasteiger partial charge in [0.1, 0.15) is 52.7 Å². The van der Waals surface area contributed by atoms with Crippen LogP contribution >= 0.6 is 0 Å². The number of phenols is 3. The lowest BCUT2D eigenvalue weighted by atomic mass is 9.93. The number of benzene rings is 3. The summed E-state index contributed by atoms with van der Waals surface area (Å²) in [4.78, 5) is 2.02. The molecule has 0 radical (unpaired) electrons. The van der Waals surface area contributed by atoms with E-state index in [9.17, 15) is 15.3 Å². The van der Waals surface area contributed by atoms with Gasteiger partial charge in [-0.15, -0.1) is 0 Å². The highest BCUT2D eigenvalue weighted by atomic mass is 16.7. The third-order valence-electron chi connectivity index (χ3n) is 7.61. The molecular formula is C27H27NO6. The van der Waals surface area contributed by atoms with E-state index < -0.39 is 35.5 Å². The minimum absolute atomic E-state index is 0.104. The monoisotopic (exact) mass is 461 g/mol. The van der Waals surface area contributed by atoms with Gasteiger partial charge >= 0.3 is 0 Å². The molecule has 0 amide bonds. The molecule has 0 bridgehead atoms. The Morgan fingerprint density at radius 3 is 1.06 bits per heavy atom. The topological polar surface area (TPSA) is 91.6 Å². The highest BCUT2D eigenvalue weighted by Crippen LogP contribution is 2.63. The Morgan fingerprint density at radius 2 is 0.794 bits per heavy atom. The Kier molecular flexibility index (Phi) is 4.39. The molecule has 3 saturated heterocycles. The number of aromatic hydroxyl groups is 3. The van der Waals surface area contributed by atoms with E-state index in [1.807, 2.05) is 62.1 Å². The largest absolute Gasteiger partial charge is 0.508 e. The maximum absolute atomic E-state index is 10.7. The predicted octanol–water partition coefficient (Wildman–Crippen LogP) is 4.22. The summed E-state index contributed by atoms with van der Waals surface area (Å²) in [6.45, 7) is 5.68. The molecule has 6 atom stereocenters. The molecule has 0 saturated carbocycles. The smallest absolute Gasteiger partial charge is 0.149 e. The molecular weight excluding hydrogens is 434 g/mol. The molecule has 176 valence electrons. The molecule has 3 aliphatic heterocycles. The van der Waals surface area contributed by atoms with Gasteiger partial charge in [-0.25, -0.2) is 4.90 Å². The SMILES string of the molecule is C[C@@]1(c2ccccc2O)O[C@@H]2N3[C@H]1O[C@](C)(c1ccccc1O)[C@@H]3O[C@@]2(C)c1ccccc1O. The highest BCUT2D eigenvalue weighted by Gasteiger charge is 2.74. The summed E-state index contributed by atoms with van der Waals surface area (Å²) in [6, 6.07) is 21.2. The first-order valence-electron chi connectivity index (χ1n) is 11.4. The van der Waals surface area contributed by atoms with Gasteiger partial charge in [-0.05, 0) is 39.0 Å². The van der Waals surface area contributed by atoms with Crippen molar-refractivity contribution >= 4 is 0 Å². The van der Waals surface area contributed by atoms with Gasteiger partial charge in [-0.2, -0.15) is 0 Å². The van der Waals surface area contributed by atoms with Gasteiger partial charge in [0.25, 0.3) is 0 Å². The van der Waals surface area contributed by atoms with Crippen molar-refractivity contribution < 1.29 is 29.5 Å². The normalized spacial score (nSPS) is 36.6. The summed E-state index contributed by atoms with van der Waals surface area (Å²) >= 11 is 0. The maximum Gasteiger partial charge on any atom is 0.149 e. The average Bonchev–Trinajstić information content (AvgIpc) is 3.39. The number of para-hydroxylation sites is 3. The standard InChI is InChI=1S/C27H27NO6/c1-25(16-10-4-7-13-19(16)29)22-28-23(32-25)26(2,17-11-5-8-14-20(17)30)34-24(28)27(3,33-22)18-12-6-9-15-21(18)31/h4-15,22-24,29-31H,1-3H3/t22-,23-,24-,25-,26-,27+/m0/s1. The lowest BCUT2D eigenvalue weighted by Crippen LogP contribution is -2.41. The van der Waals surface area contributed by atoms with Crippen molar-refractivity contribution in [2.75, 3.05) is 0 Å². The van der Waals surface area contributed by atoms with Gasteiger partial charge < -0.3 is 29.5 Å². The van der Waals surface area contributed by atoms with Crippen molar-refractivity contribution in [2.45, 2.75) is 56.3 Å². The fourth-order valence-electron chi connectivity index (χ4n) is 5.88. The lowest BCUT2D eigenvalue weighted by molar-refractivity contribution is -0.139. The van der Waals surface area contributed by atoms with Crippen LogP contribution in [0, 0.1) is 0 Å². The van der Waals surface area contributed by atoms with Crippen molar-refractivity contribution in [3.05, 3.63) is 89.5 Å². The van der Waals surface area contributed by atoms with Crippen LogP contribution in [0.4, 0.5) is 0 Å². The van der Waals surface area contributed by atoms with E-state index in [1.165, 1.54) is 0 Å². The fourth-order valence-corrected chi connectivity index (χ4v) is 5.88. The Hall–Kier alpha value is -3.10. The summed E-state index contributed by atoms with van der Waals surface area (Å²) in [5.41, 5.74) is -1.37. The molecule has 3 aromatic rings. The zero-order chi connectivity index (χ0) is 23.9. The maximum atomic E-state index is 10.7. The van der Waals surface area contributed by atoms with E-state index in [0.29, 0.717) is 16.7 Å². The Morgan fingerprint density at radius 1 is 0.529 bits per heavy atom. The first kappa shape index (κ1) is 21.4. The second kappa shape index (κ2) is 6.96. The molecule has 3 N–H and O–H groups in total. The van der Waals surface area contributed by atoms with E-state index in [1.54, 1.807) is 36.4 Å². The molecule has 7 nitrogen and oxygen atoms in total. The molecule has 6 rings (SSSR count). The van der Waals surface area contributed by atoms with Crippen LogP contribution in [0.2, 0.25) is 0 Å². The van der Waals surface area contributed by atoms with Crippen LogP contribution in [0.5, 0.6) is 17.2 Å². The number of phenolic OH excluding ortho intramolecular Hbond substituents is 3. The van der Waals surface area contributed by atoms with Crippen molar-refractivity contribution in [3.8, 4) is 17.2 Å². The molecule has 3 aromatic carbocycles. The van der Waals surface area contributed by atoms with Crippen LogP contribution in [0.15, 0.2) is 72.8 Å². The molecule has 0 unspecified atom stereocenters. The summed E-state index contributed by atoms with van der Waals surface area (Å²) < 4.78 is 20.1. The van der Waals surface area contributed by atoms with Crippen molar-refractivity contribution in [1.82, 2.24) is 4.90 Å². The second-order valence-corrected chi connectivity index (χ2v) is 9.73. The Bertz CT molecular complexity index is 1130. The average molecular weight is 462 g/mol. The molecule has 3 heterocycles. The van der Waals surface area contributed by atoms with Gasteiger partial charge in [0.2, 0.25) is 0 Å². The van der Waals surface area contributed by atoms with Crippen LogP contribution in [-0.4, -0.2) is 38.9 Å². The molecule has 3 aliphatic rings. The fraction of sp³-hybridized carbons (Fsp3) is 0.333. The second-order valence-electron chi connectivity index (χ2n) is 9.73. The van der Waals surface area contributed by atoms with Crippen molar-refractivity contribution in [1.29, 1.82) is 0 Å². The van der Waals surface area contributed by atoms with Crippen molar-refractivity contribution in [2.24, 2.45) is 0 Å². The number of rotatable bonds is 3. The van der Waals surface area contributed by atoms with Crippen LogP contribution in [0.25, 0.3) is 0 Å². The van der Waals surface area contributed by atoms with Crippen LogP contribution in [0.1, 0.15) is 37.5 Å². The van der Waals surface area contributed by atoms with Gasteiger partial charge in [-0.3, -0.25) is 0 Å². The van der Waals surface area contributed by atoms with Crippen LogP contribution in [-0.2, 0) is 31.0 Å². The summed E-state index contributed by atoms with van der Waals surface area (Å²) in [7, 11) is 0. The number of nitrogens with zero attached hydrogens (tertiary/aromatic N) is 1. The van der Waals surface area contributed by atoms with E-state index in [-0.39, 0.29) is 17.2 Å². The molecule has 0 aromatic heterocycles. The molecule has 0 aliphatic carbocycles. The van der Waals surface area contributed by atoms with Gasteiger partial charge in [0.15, 0.2) is 0 Å². The van der Waals surface area contributed by atoms with Crippen molar-refractivity contribution in [3.63, 3.8) is 0 Å². The highest BCUT2D eigenvalue weighted by molar-refractivity contribution is 5.44. The minimum atomic E-state index is -1.05. The van der Waals surface area contributed by atoms with Crippen LogP contribution < -0.4 is 0 Å². The van der Waals surface area contributed by atoms with E-state index in [4.69, 9.17) is 14.2 Å². The third kappa shape index (κ3) is 2.61. The molecule has 34 heavy (non-hydrogen) atoms. The van der Waals surface area contributed by atoms with Crippen LogP contribution in [0.3, 0.4) is 0 Å². The molecule has 0 spiro atoms. The quantitative estimate of drug-likeness (QED) is 0.538. The van der Waals surface area contributed by atoms with Gasteiger partial charge in [0.05, 0.1) is 0 Å². The number of hydrogen-bond donors (Lipinski definition) is 3. The van der Waals surface area contributed by atoms with E-state index >= 15 is 0 Å². The zero-order valence-electron chi connectivity index (χ0n) is 19.2. The molecule has 7 heteroatoms. The summed E-state index contributed by atoms with van der Waals surface area (Å²) in [5.74, 6) is 0.313. The Labute approximate surface area is 197 Å². The Balaban J connectivity index is 1.56. The number of hydrogen-bond acceptors (Lipinski definition) is 7. The molecule has 3 fully saturated rings. The zero-order valence-corrected chi connectivity index (χ0v) is 19.2. The first-order valence-corrected chi connectivity index (χ1v) is 11.4. The summed E-state index contributed by atoms with van der Waals surface area (Å²) in [5, 5.41) is 32.2. The lowest BCUT2D eigenvalue weighted by Gasteiger charge is -2.33. The third-order valence-corrected chi connectivity index (χ3v) is 7.61. The van der Waals surface area contributed by atoms with Gasteiger partial charge in [-0.1, -0.05) is 54.6 Å². The van der Waals surface area contributed by atoms with E-state index in [2.05, 4.69) is 0 Å². The van der Waals surface area contributed by atoms with Gasteiger partial charge in [0, 0.05) is 16.7 Å².